The van der Waals surface area contributed by atoms with Crippen LogP contribution in [0.5, 0.6) is 5.75 Å². The van der Waals surface area contributed by atoms with Gasteiger partial charge in [-0.1, -0.05) is 12.1 Å². The van der Waals surface area contributed by atoms with Crippen molar-refractivity contribution in [3.8, 4) is 5.75 Å². The number of aromatic nitrogens is 2. The molecule has 0 atom stereocenters. The third-order valence-corrected chi connectivity index (χ3v) is 4.08. The number of carbonyl (C=O) groups excluding carboxylic acids is 1. The number of imidazole rings is 1. The van der Waals surface area contributed by atoms with Gasteiger partial charge in [0.25, 0.3) is 0 Å². The normalized spacial score (nSPS) is 12.5. The molecule has 6 heteroatoms. The molecule has 23 heavy (non-hydrogen) atoms. The zero-order valence-corrected chi connectivity index (χ0v) is 14.0. The van der Waals surface area contributed by atoms with E-state index in [1.54, 1.807) is 24.3 Å². The summed E-state index contributed by atoms with van der Waals surface area (Å²) in [7, 11) is 0. The van der Waals surface area contributed by atoms with Crippen molar-refractivity contribution in [3.05, 3.63) is 54.1 Å². The number of nitrogens with zero attached hydrogens (tertiary/aromatic N) is 2. The second-order valence-corrected chi connectivity index (χ2v) is 5.45. The molecule has 2 aromatic carbocycles. The minimum Gasteiger partial charge on any atom is -1.00 e. The molecule has 0 radical (unpaired) electrons. The number of fused-ring (bicyclic) bond motifs is 3. The first-order valence-electron chi connectivity index (χ1n) is 7.31. The number of phenolic OH excluding ortho intramolecular Hbond substituents is 1. The lowest BCUT2D eigenvalue weighted by molar-refractivity contribution is -0.644. The van der Waals surface area contributed by atoms with Gasteiger partial charge < -0.3 is 22.1 Å². The summed E-state index contributed by atoms with van der Waals surface area (Å²) < 4.78 is 4.23. The number of rotatable bonds is 3. The highest BCUT2D eigenvalue weighted by Gasteiger charge is 2.28. The number of ketones is 1. The molecule has 0 unspecified atom stereocenters. The molecular weight excluding hydrogens is 358 g/mol. The van der Waals surface area contributed by atoms with Crippen molar-refractivity contribution < 1.29 is 31.4 Å². The topological polar surface area (TPSA) is 58.1 Å². The SMILES string of the molecule is O=C(Cn1c2[n+](c3ccccc31)CCN2)c1ccc(O)cc1.[Br-]. The van der Waals surface area contributed by atoms with Crippen molar-refractivity contribution in [1.29, 1.82) is 0 Å². The van der Waals surface area contributed by atoms with Crippen LogP contribution < -0.4 is 26.9 Å². The monoisotopic (exact) mass is 373 g/mol. The molecule has 2 heterocycles. The van der Waals surface area contributed by atoms with Gasteiger partial charge >= 0.3 is 5.95 Å². The molecule has 1 aliphatic heterocycles. The summed E-state index contributed by atoms with van der Waals surface area (Å²) in [5.74, 6) is 1.17. The van der Waals surface area contributed by atoms with Crippen LogP contribution in [0.2, 0.25) is 0 Å². The Morgan fingerprint density at radius 1 is 1.17 bits per heavy atom. The Bertz CT molecular complexity index is 871. The number of phenols is 1. The van der Waals surface area contributed by atoms with Crippen LogP contribution in [0.15, 0.2) is 48.5 Å². The zero-order chi connectivity index (χ0) is 15.1. The van der Waals surface area contributed by atoms with Crippen LogP contribution in [0.25, 0.3) is 11.0 Å². The predicted molar refractivity (Wildman–Crippen MR) is 83.1 cm³/mol. The van der Waals surface area contributed by atoms with Crippen LogP contribution in [0.1, 0.15) is 10.4 Å². The van der Waals surface area contributed by atoms with E-state index in [9.17, 15) is 9.90 Å². The smallest absolute Gasteiger partial charge is 0.359 e. The molecule has 118 valence electrons. The van der Waals surface area contributed by atoms with Gasteiger partial charge in [0.05, 0.1) is 6.54 Å². The van der Waals surface area contributed by atoms with Crippen LogP contribution >= 0.6 is 0 Å². The molecule has 1 aromatic heterocycles. The number of hydrogen-bond acceptors (Lipinski definition) is 3. The fraction of sp³-hybridized carbons (Fsp3) is 0.176. The van der Waals surface area contributed by atoms with Crippen molar-refractivity contribution in [3.63, 3.8) is 0 Å². The number of aromatic hydroxyl groups is 1. The summed E-state index contributed by atoms with van der Waals surface area (Å²) in [6.45, 7) is 2.07. The van der Waals surface area contributed by atoms with E-state index in [1.165, 1.54) is 0 Å². The molecule has 0 bridgehead atoms. The highest BCUT2D eigenvalue weighted by molar-refractivity contribution is 5.97. The molecule has 0 spiro atoms. The fourth-order valence-corrected chi connectivity index (χ4v) is 3.03. The summed E-state index contributed by atoms with van der Waals surface area (Å²) >= 11 is 0. The van der Waals surface area contributed by atoms with Crippen LogP contribution in [0, 0.1) is 0 Å². The van der Waals surface area contributed by atoms with E-state index in [4.69, 9.17) is 0 Å². The Morgan fingerprint density at radius 3 is 2.70 bits per heavy atom. The zero-order valence-electron chi connectivity index (χ0n) is 12.4. The highest BCUT2D eigenvalue weighted by atomic mass is 79.9. The van der Waals surface area contributed by atoms with Crippen molar-refractivity contribution in [2.24, 2.45) is 0 Å². The van der Waals surface area contributed by atoms with E-state index in [1.807, 2.05) is 22.8 Å². The second kappa shape index (κ2) is 6.04. The van der Waals surface area contributed by atoms with Crippen LogP contribution in [0.3, 0.4) is 0 Å². The average molecular weight is 374 g/mol. The molecular formula is C17H16BrN3O2. The van der Waals surface area contributed by atoms with Gasteiger partial charge in [0.2, 0.25) is 0 Å². The maximum Gasteiger partial charge on any atom is 0.359 e. The van der Waals surface area contributed by atoms with E-state index >= 15 is 0 Å². The molecule has 2 N–H and O–H groups in total. The molecule has 1 aliphatic rings. The maximum absolute atomic E-state index is 12.5. The van der Waals surface area contributed by atoms with Crippen molar-refractivity contribution in [2.75, 3.05) is 11.9 Å². The lowest BCUT2D eigenvalue weighted by Crippen LogP contribution is -3.00. The van der Waals surface area contributed by atoms with E-state index in [0.717, 1.165) is 30.1 Å². The largest absolute Gasteiger partial charge is 1.00 e. The predicted octanol–water partition coefficient (Wildman–Crippen LogP) is -1.05. The van der Waals surface area contributed by atoms with Gasteiger partial charge in [-0.3, -0.25) is 10.1 Å². The van der Waals surface area contributed by atoms with Crippen LogP contribution in [-0.4, -0.2) is 22.0 Å². The van der Waals surface area contributed by atoms with Gasteiger partial charge in [0, 0.05) is 5.56 Å². The molecule has 0 amide bonds. The number of nitrogens with one attached hydrogen (secondary N) is 1. The molecule has 0 aliphatic carbocycles. The Balaban J connectivity index is 0.00000156. The van der Waals surface area contributed by atoms with Gasteiger partial charge in [-0.15, -0.1) is 0 Å². The second-order valence-electron chi connectivity index (χ2n) is 5.45. The first-order valence-corrected chi connectivity index (χ1v) is 7.31. The van der Waals surface area contributed by atoms with Gasteiger partial charge in [-0.2, -0.15) is 0 Å². The fourth-order valence-electron chi connectivity index (χ4n) is 3.03. The van der Waals surface area contributed by atoms with Gasteiger partial charge in [-0.05, 0) is 36.4 Å². The van der Waals surface area contributed by atoms with Gasteiger partial charge in [0.15, 0.2) is 5.78 Å². The van der Waals surface area contributed by atoms with Gasteiger partial charge in [-0.25, -0.2) is 9.13 Å². The van der Waals surface area contributed by atoms with E-state index < -0.39 is 0 Å². The number of halogens is 1. The summed E-state index contributed by atoms with van der Waals surface area (Å²) in [5.41, 5.74) is 2.80. The Kier molecular flexibility index (Phi) is 4.09. The van der Waals surface area contributed by atoms with E-state index in [-0.39, 0.29) is 35.1 Å². The molecule has 0 fully saturated rings. The molecule has 5 nitrogen and oxygen atoms in total. The Hall–Kier alpha value is -2.34. The van der Waals surface area contributed by atoms with Crippen molar-refractivity contribution >= 4 is 22.8 Å². The van der Waals surface area contributed by atoms with E-state index in [2.05, 4.69) is 16.0 Å². The standard InChI is InChI=1S/C17H15N3O2.BrH/c21-13-7-5-12(6-8-13)16(22)11-20-15-4-2-1-3-14(15)19-10-9-18-17(19)20;/h1-8H,9-11H2,(H,21,22);1H. The molecule has 0 saturated heterocycles. The number of para-hydroxylation sites is 2. The van der Waals surface area contributed by atoms with Gasteiger partial charge in [0.1, 0.15) is 29.9 Å². The first-order chi connectivity index (χ1) is 10.7. The number of carbonyl (C=O) groups is 1. The summed E-state index contributed by atoms with van der Waals surface area (Å²) in [6.07, 6.45) is 0. The minimum absolute atomic E-state index is 0. The summed E-state index contributed by atoms with van der Waals surface area (Å²) in [4.78, 5) is 12.5. The first kappa shape index (κ1) is 15.6. The number of anilines is 1. The number of Topliss-reactive ketones (excluding diaryl/α,β-unsaturated/α-hetero) is 1. The number of hydrogen-bond donors (Lipinski definition) is 2. The lowest BCUT2D eigenvalue weighted by atomic mass is 10.1. The van der Waals surface area contributed by atoms with E-state index in [0.29, 0.717) is 5.56 Å². The third-order valence-electron chi connectivity index (χ3n) is 4.08. The third kappa shape index (κ3) is 2.59. The average Bonchev–Trinajstić information content (AvgIpc) is 3.11. The number of benzene rings is 2. The molecule has 0 saturated carbocycles. The van der Waals surface area contributed by atoms with Crippen molar-refractivity contribution in [1.82, 2.24) is 4.57 Å². The quantitative estimate of drug-likeness (QED) is 0.454. The molecule has 3 aromatic rings. The Labute approximate surface area is 143 Å². The minimum atomic E-state index is 0. The lowest BCUT2D eigenvalue weighted by Gasteiger charge is -2.03. The van der Waals surface area contributed by atoms with Crippen molar-refractivity contribution in [2.45, 2.75) is 13.1 Å². The van der Waals surface area contributed by atoms with Crippen LogP contribution in [0.4, 0.5) is 5.95 Å². The highest BCUT2D eigenvalue weighted by Crippen LogP contribution is 2.21. The maximum atomic E-state index is 12.5. The summed E-state index contributed by atoms with van der Waals surface area (Å²) in [5, 5.41) is 12.7. The molecule has 4 rings (SSSR count). The summed E-state index contributed by atoms with van der Waals surface area (Å²) in [6, 6.07) is 14.5. The van der Waals surface area contributed by atoms with Crippen LogP contribution in [-0.2, 0) is 13.1 Å². The Morgan fingerprint density at radius 2 is 1.91 bits per heavy atom.